The molecule has 0 aromatic heterocycles. The Balaban J connectivity index is 1.97. The van der Waals surface area contributed by atoms with Gasteiger partial charge in [0.05, 0.1) is 27.9 Å². The van der Waals surface area contributed by atoms with E-state index in [1.165, 1.54) is 0 Å². The normalized spacial score (nSPS) is 12.8. The van der Waals surface area contributed by atoms with Crippen molar-refractivity contribution in [2.75, 3.05) is 33.2 Å². The molecular formula is C21H29N2O4+. The van der Waals surface area contributed by atoms with Gasteiger partial charge in [0.15, 0.2) is 17.5 Å². The van der Waals surface area contributed by atoms with Gasteiger partial charge in [-0.25, -0.2) is 0 Å². The van der Waals surface area contributed by atoms with Gasteiger partial charge in [0.25, 0.3) is 5.91 Å². The van der Waals surface area contributed by atoms with E-state index in [0.29, 0.717) is 23.8 Å². The lowest BCUT2D eigenvalue weighted by Gasteiger charge is -2.21. The van der Waals surface area contributed by atoms with Crippen LogP contribution in [0.2, 0.25) is 0 Å². The molecule has 0 aliphatic heterocycles. The molecule has 1 unspecified atom stereocenters. The van der Waals surface area contributed by atoms with E-state index in [2.05, 4.69) is 5.32 Å². The Kier molecular flexibility index (Phi) is 7.49. The summed E-state index contributed by atoms with van der Waals surface area (Å²) in [5.41, 5.74) is 1.83. The molecule has 0 heterocycles. The molecule has 2 rings (SSSR count). The second-order valence-electron chi connectivity index (χ2n) is 6.38. The molecule has 0 spiro atoms. The molecule has 0 aliphatic carbocycles. The number of quaternary nitrogens is 1. The van der Waals surface area contributed by atoms with Crippen LogP contribution in [-0.2, 0) is 11.3 Å². The van der Waals surface area contributed by atoms with Gasteiger partial charge >= 0.3 is 0 Å². The van der Waals surface area contributed by atoms with Crippen LogP contribution >= 0.6 is 0 Å². The summed E-state index contributed by atoms with van der Waals surface area (Å²) in [4.78, 5) is 13.7. The van der Waals surface area contributed by atoms with Gasteiger partial charge < -0.3 is 24.4 Å². The highest BCUT2D eigenvalue weighted by atomic mass is 16.5. The highest BCUT2D eigenvalue weighted by Crippen LogP contribution is 2.29. The first kappa shape index (κ1) is 20.6. The third kappa shape index (κ3) is 5.62. The number of ether oxygens (including phenoxy) is 3. The van der Waals surface area contributed by atoms with Crippen molar-refractivity contribution >= 4 is 11.6 Å². The number of amides is 1. The Morgan fingerprint density at radius 2 is 1.74 bits per heavy atom. The quantitative estimate of drug-likeness (QED) is 0.707. The molecule has 2 N–H and O–H groups in total. The third-order valence-electron chi connectivity index (χ3n) is 4.50. The lowest BCUT2D eigenvalue weighted by Crippen LogP contribution is -3.12. The third-order valence-corrected chi connectivity index (χ3v) is 4.50. The van der Waals surface area contributed by atoms with Gasteiger partial charge in [0.1, 0.15) is 12.3 Å². The zero-order valence-electron chi connectivity index (χ0n) is 16.7. The van der Waals surface area contributed by atoms with Crippen molar-refractivity contribution < 1.29 is 23.9 Å². The van der Waals surface area contributed by atoms with Gasteiger partial charge in [-0.05, 0) is 50.2 Å². The summed E-state index contributed by atoms with van der Waals surface area (Å²) in [6.45, 7) is 5.27. The van der Waals surface area contributed by atoms with Crippen LogP contribution in [0.15, 0.2) is 42.5 Å². The SMILES string of the molecule is CCOc1ccc(C[NH+](C)[C@H](C)C(=O)Nc2ccc(OC)c(OC)c2)cc1. The number of anilines is 1. The molecule has 2 aromatic carbocycles. The maximum Gasteiger partial charge on any atom is 0.282 e. The van der Waals surface area contributed by atoms with E-state index < -0.39 is 0 Å². The Labute approximate surface area is 161 Å². The van der Waals surface area contributed by atoms with E-state index >= 15 is 0 Å². The molecule has 0 saturated heterocycles. The van der Waals surface area contributed by atoms with E-state index in [4.69, 9.17) is 14.2 Å². The monoisotopic (exact) mass is 373 g/mol. The molecule has 27 heavy (non-hydrogen) atoms. The number of likely N-dealkylation sites (N-methyl/N-ethyl adjacent to an activating group) is 1. The molecule has 0 radical (unpaired) electrons. The zero-order valence-corrected chi connectivity index (χ0v) is 16.7. The van der Waals surface area contributed by atoms with Crippen LogP contribution in [0.4, 0.5) is 5.69 Å². The smallest absolute Gasteiger partial charge is 0.282 e. The van der Waals surface area contributed by atoms with Gasteiger partial charge in [0, 0.05) is 17.3 Å². The van der Waals surface area contributed by atoms with Crippen LogP contribution < -0.4 is 24.4 Å². The molecule has 1 amide bonds. The summed E-state index contributed by atoms with van der Waals surface area (Å²) in [7, 11) is 5.16. The first-order chi connectivity index (χ1) is 13.0. The number of methoxy groups -OCH3 is 2. The highest BCUT2D eigenvalue weighted by molar-refractivity contribution is 5.93. The number of hydrogen-bond acceptors (Lipinski definition) is 4. The molecule has 0 aliphatic rings. The average Bonchev–Trinajstić information content (AvgIpc) is 2.68. The minimum absolute atomic E-state index is 0.0503. The predicted octanol–water partition coefficient (Wildman–Crippen LogP) is 2.14. The van der Waals surface area contributed by atoms with Crippen molar-refractivity contribution in [2.24, 2.45) is 0 Å². The number of nitrogens with one attached hydrogen (secondary N) is 2. The van der Waals surface area contributed by atoms with Crippen molar-refractivity contribution in [3.05, 3.63) is 48.0 Å². The summed E-state index contributed by atoms with van der Waals surface area (Å²) in [6, 6.07) is 13.1. The van der Waals surface area contributed by atoms with Crippen molar-refractivity contribution in [3.63, 3.8) is 0 Å². The van der Waals surface area contributed by atoms with E-state index in [1.54, 1.807) is 32.4 Å². The fourth-order valence-electron chi connectivity index (χ4n) is 2.73. The number of hydrogen-bond donors (Lipinski definition) is 2. The Morgan fingerprint density at radius 1 is 1.07 bits per heavy atom. The molecule has 146 valence electrons. The van der Waals surface area contributed by atoms with E-state index in [-0.39, 0.29) is 11.9 Å². The Hall–Kier alpha value is -2.73. The lowest BCUT2D eigenvalue weighted by atomic mass is 10.1. The minimum atomic E-state index is -0.218. The van der Waals surface area contributed by atoms with Gasteiger partial charge in [-0.15, -0.1) is 0 Å². The maximum atomic E-state index is 12.6. The second-order valence-corrected chi connectivity index (χ2v) is 6.38. The van der Waals surface area contributed by atoms with E-state index in [0.717, 1.165) is 22.8 Å². The summed E-state index contributed by atoms with van der Waals surface area (Å²) in [5.74, 6) is 2.02. The van der Waals surface area contributed by atoms with Gasteiger partial charge in [-0.3, -0.25) is 4.79 Å². The molecule has 0 bridgehead atoms. The molecule has 6 heteroatoms. The second kappa shape index (κ2) is 9.83. The summed E-state index contributed by atoms with van der Waals surface area (Å²) >= 11 is 0. The lowest BCUT2D eigenvalue weighted by molar-refractivity contribution is -0.907. The Morgan fingerprint density at radius 3 is 2.33 bits per heavy atom. The van der Waals surface area contributed by atoms with Crippen LogP contribution in [-0.4, -0.2) is 39.8 Å². The largest absolute Gasteiger partial charge is 0.494 e. The average molecular weight is 373 g/mol. The fourth-order valence-corrected chi connectivity index (χ4v) is 2.73. The van der Waals surface area contributed by atoms with Crippen molar-refractivity contribution in [1.82, 2.24) is 0 Å². The Bertz CT molecular complexity index is 746. The summed E-state index contributed by atoms with van der Waals surface area (Å²) < 4.78 is 16.0. The number of rotatable bonds is 9. The van der Waals surface area contributed by atoms with Gasteiger partial charge in [-0.2, -0.15) is 0 Å². The highest BCUT2D eigenvalue weighted by Gasteiger charge is 2.22. The van der Waals surface area contributed by atoms with Gasteiger partial charge in [0.2, 0.25) is 0 Å². The number of carbonyl (C=O) groups excluding carboxylic acids is 1. The molecule has 2 atom stereocenters. The molecule has 0 saturated carbocycles. The van der Waals surface area contributed by atoms with Crippen molar-refractivity contribution in [3.8, 4) is 17.2 Å². The van der Waals surface area contributed by atoms with Gasteiger partial charge in [-0.1, -0.05) is 0 Å². The molecule has 0 fully saturated rings. The van der Waals surface area contributed by atoms with Crippen LogP contribution in [0.5, 0.6) is 17.2 Å². The van der Waals surface area contributed by atoms with E-state index in [1.807, 2.05) is 45.2 Å². The first-order valence-electron chi connectivity index (χ1n) is 9.05. The standard InChI is InChI=1S/C21H28N2O4/c1-6-27-18-10-7-16(8-11-18)14-23(3)15(2)21(24)22-17-9-12-19(25-4)20(13-17)26-5/h7-13,15H,6,14H2,1-5H3,(H,22,24)/p+1/t15-/m1/s1. The molecule has 6 nitrogen and oxygen atoms in total. The molecular weight excluding hydrogens is 344 g/mol. The summed E-state index contributed by atoms with van der Waals surface area (Å²) in [5, 5.41) is 2.94. The van der Waals surface area contributed by atoms with Crippen LogP contribution in [0, 0.1) is 0 Å². The predicted molar refractivity (Wildman–Crippen MR) is 106 cm³/mol. The summed E-state index contributed by atoms with van der Waals surface area (Å²) in [6.07, 6.45) is 0. The first-order valence-corrected chi connectivity index (χ1v) is 9.05. The van der Waals surface area contributed by atoms with Crippen LogP contribution in [0.25, 0.3) is 0 Å². The topological polar surface area (TPSA) is 61.2 Å². The fraction of sp³-hybridized carbons (Fsp3) is 0.381. The minimum Gasteiger partial charge on any atom is -0.494 e. The maximum absolute atomic E-state index is 12.6. The number of benzene rings is 2. The van der Waals surface area contributed by atoms with E-state index in [9.17, 15) is 4.79 Å². The van der Waals surface area contributed by atoms with Crippen LogP contribution in [0.3, 0.4) is 0 Å². The molecule has 2 aromatic rings. The zero-order chi connectivity index (χ0) is 19.8. The van der Waals surface area contributed by atoms with Crippen LogP contribution in [0.1, 0.15) is 19.4 Å². The number of carbonyl (C=O) groups is 1. The van der Waals surface area contributed by atoms with Crippen molar-refractivity contribution in [1.29, 1.82) is 0 Å². The van der Waals surface area contributed by atoms with Crippen molar-refractivity contribution in [2.45, 2.75) is 26.4 Å².